The van der Waals surface area contributed by atoms with E-state index in [-0.39, 0.29) is 33.4 Å². The fourth-order valence-corrected chi connectivity index (χ4v) is 10.8. The van der Waals surface area contributed by atoms with E-state index in [0.717, 1.165) is 61.0 Å². The number of hydrogen-bond acceptors (Lipinski definition) is 2. The molecule has 0 amide bonds. The zero-order valence-corrected chi connectivity index (χ0v) is 41.6. The number of imidazole rings is 1. The van der Waals surface area contributed by atoms with Crippen molar-refractivity contribution in [3.63, 3.8) is 0 Å². The van der Waals surface area contributed by atoms with Crippen molar-refractivity contribution in [3.8, 4) is 67.8 Å². The van der Waals surface area contributed by atoms with Crippen molar-refractivity contribution in [1.29, 1.82) is 0 Å². The molecular formula is C70H51N5O. The van der Waals surface area contributed by atoms with E-state index in [0.29, 0.717) is 28.2 Å². The third kappa shape index (κ3) is 7.56. The van der Waals surface area contributed by atoms with Crippen LogP contribution in [0.2, 0.25) is 0 Å². The molecule has 4 aromatic heterocycles. The topological polar surface area (TPSA) is 40.8 Å². The van der Waals surface area contributed by atoms with Crippen LogP contribution in [-0.4, -0.2) is 18.7 Å². The van der Waals surface area contributed by atoms with E-state index in [1.165, 1.54) is 10.8 Å². The molecule has 0 radical (unpaired) electrons. The van der Waals surface area contributed by atoms with Gasteiger partial charge < -0.3 is 9.30 Å². The number of aromatic nitrogens is 5. The standard InChI is InChI=1S/C70H51N5O/c1-70(2,3)50-40-41-71-67(43-50)75-62-39-36-49(55-29-19-35-65-68(55)59-28-13-14-32-61(59)74(65)51-24-11-6-12-25-51)42-60(62)58-38-37-54(45-66(58)75)76-53-27-17-26-52(44-53)72-46-73(64-34-16-15-33-63(64)72)69-56(47-20-7-4-8-21-47)30-18-31-57(69)48-22-9-5-10-23-48/h4-45H,1-3H3/i4D,5D,7D,8D,9D,10D,20D,21D,22D,23D. The van der Waals surface area contributed by atoms with Gasteiger partial charge in [0.2, 0.25) is 0 Å². The molecule has 0 aliphatic carbocycles. The quantitative estimate of drug-likeness (QED) is 0.107. The lowest BCUT2D eigenvalue weighted by Gasteiger charge is -2.20. The lowest BCUT2D eigenvalue weighted by molar-refractivity contribution is -0.571. The molecule has 0 unspecified atom stereocenters. The predicted molar refractivity (Wildman–Crippen MR) is 312 cm³/mol. The van der Waals surface area contributed by atoms with Gasteiger partial charge in [-0.25, -0.2) is 4.98 Å². The highest BCUT2D eigenvalue weighted by Crippen LogP contribution is 2.43. The molecule has 14 aromatic rings. The van der Waals surface area contributed by atoms with Crippen molar-refractivity contribution in [1.82, 2.24) is 18.7 Å². The van der Waals surface area contributed by atoms with Gasteiger partial charge in [0.15, 0.2) is 0 Å². The molecule has 0 atom stereocenters. The first-order chi connectivity index (χ1) is 41.5. The molecule has 4 heterocycles. The second kappa shape index (κ2) is 18.0. The van der Waals surface area contributed by atoms with Crippen LogP contribution in [0.3, 0.4) is 0 Å². The third-order valence-electron chi connectivity index (χ3n) is 14.3. The van der Waals surface area contributed by atoms with Crippen LogP contribution in [0.25, 0.3) is 111 Å². The zero-order chi connectivity index (χ0) is 59.6. The number of hydrogen-bond donors (Lipinski definition) is 0. The second-order valence-corrected chi connectivity index (χ2v) is 19.8. The summed E-state index contributed by atoms with van der Waals surface area (Å²) in [5.41, 5.74) is 10.4. The van der Waals surface area contributed by atoms with Crippen molar-refractivity contribution < 1.29 is 23.0 Å². The molecule has 0 aliphatic rings. The Morgan fingerprint density at radius 3 is 1.89 bits per heavy atom. The first kappa shape index (κ1) is 35.4. The number of nitrogens with zero attached hydrogens (tertiary/aromatic N) is 5. The third-order valence-corrected chi connectivity index (χ3v) is 14.3. The van der Waals surface area contributed by atoms with Gasteiger partial charge in [0.25, 0.3) is 6.33 Å². The molecule has 0 saturated heterocycles. The summed E-state index contributed by atoms with van der Waals surface area (Å²) in [6, 6.07) is 57.0. The molecule has 0 bridgehead atoms. The van der Waals surface area contributed by atoms with E-state index >= 15 is 0 Å². The first-order valence-corrected chi connectivity index (χ1v) is 25.1. The Morgan fingerprint density at radius 1 is 0.474 bits per heavy atom. The number of ether oxygens (including phenoxy) is 1. The van der Waals surface area contributed by atoms with Crippen LogP contribution in [0.5, 0.6) is 11.5 Å². The second-order valence-electron chi connectivity index (χ2n) is 19.8. The zero-order valence-electron chi connectivity index (χ0n) is 51.6. The molecule has 6 nitrogen and oxygen atoms in total. The van der Waals surface area contributed by atoms with Crippen molar-refractivity contribution in [2.75, 3.05) is 0 Å². The Morgan fingerprint density at radius 2 is 1.12 bits per heavy atom. The molecule has 0 spiro atoms. The van der Waals surface area contributed by atoms with Gasteiger partial charge in [0.1, 0.15) is 17.3 Å². The highest BCUT2D eigenvalue weighted by molar-refractivity contribution is 6.17. The van der Waals surface area contributed by atoms with Gasteiger partial charge in [-0.1, -0.05) is 184 Å². The molecule has 0 aliphatic heterocycles. The maximum Gasteiger partial charge on any atom is 0.269 e. The Bertz CT molecular complexity index is 5010. The van der Waals surface area contributed by atoms with Crippen molar-refractivity contribution in [2.45, 2.75) is 26.2 Å². The van der Waals surface area contributed by atoms with Crippen LogP contribution in [0.4, 0.5) is 0 Å². The highest BCUT2D eigenvalue weighted by atomic mass is 16.5. The predicted octanol–water partition coefficient (Wildman–Crippen LogP) is 17.4. The molecule has 76 heavy (non-hydrogen) atoms. The number of para-hydroxylation sites is 5. The monoisotopic (exact) mass is 987 g/mol. The lowest BCUT2D eigenvalue weighted by Crippen LogP contribution is -2.31. The molecule has 0 saturated carbocycles. The summed E-state index contributed by atoms with van der Waals surface area (Å²) in [6.45, 7) is 6.58. The van der Waals surface area contributed by atoms with Gasteiger partial charge in [-0.2, -0.15) is 0 Å². The van der Waals surface area contributed by atoms with Gasteiger partial charge >= 0.3 is 0 Å². The minimum Gasteiger partial charge on any atom is -0.458 e. The van der Waals surface area contributed by atoms with Crippen LogP contribution in [0, 0.1) is 6.33 Å². The maximum absolute atomic E-state index is 9.10. The molecule has 10 aromatic carbocycles. The molecule has 0 fully saturated rings. The number of pyridine rings is 1. The van der Waals surface area contributed by atoms with Crippen molar-refractivity contribution in [2.24, 2.45) is 0 Å². The summed E-state index contributed by atoms with van der Waals surface area (Å²) in [4.78, 5) is 5.00. The number of rotatable bonds is 9. The Labute approximate surface area is 455 Å². The summed E-state index contributed by atoms with van der Waals surface area (Å²) in [5, 5.41) is 4.39. The SMILES string of the molecule is [2H]c1c([2H])c([2H])c(-c2cccc(-c3c([2H])c([2H])c([2H])c([2H])c3[2H])c2-[n+]2[c-]n(-c3cccc(Oc4ccc5c6cc(-c7cccc8c7c7ccccc7n8-c7ccccc7)ccc6n(-c6cc(C(C)(C)C)ccn6)c5c4)c3)c3ccccc32)c([2H])c1[2H]. The molecule has 14 rings (SSSR count). The fraction of sp³-hybridized carbons (Fsp3) is 0.0571. The number of benzene rings is 10. The Kier molecular flexibility index (Phi) is 8.38. The van der Waals surface area contributed by atoms with E-state index in [4.69, 9.17) is 23.4 Å². The van der Waals surface area contributed by atoms with E-state index in [1.807, 2.05) is 72.9 Å². The Hall–Kier alpha value is -9.78. The van der Waals surface area contributed by atoms with E-state index in [1.54, 1.807) is 27.3 Å². The van der Waals surface area contributed by atoms with Crippen molar-refractivity contribution >= 4 is 54.6 Å². The maximum atomic E-state index is 9.10. The average molecular weight is 988 g/mol. The van der Waals surface area contributed by atoms with Crippen LogP contribution < -0.4 is 9.30 Å². The van der Waals surface area contributed by atoms with Crippen molar-refractivity contribution in [3.05, 3.63) is 267 Å². The van der Waals surface area contributed by atoms with Gasteiger partial charge in [-0.05, 0) is 123 Å². The van der Waals surface area contributed by atoms with Gasteiger partial charge in [0.05, 0.1) is 58.2 Å². The van der Waals surface area contributed by atoms with Crippen LogP contribution in [0.1, 0.15) is 40.0 Å². The molecule has 362 valence electrons. The van der Waals surface area contributed by atoms with Crippen LogP contribution in [0.15, 0.2) is 255 Å². The van der Waals surface area contributed by atoms with E-state index < -0.39 is 60.4 Å². The Balaban J connectivity index is 0.916. The largest absolute Gasteiger partial charge is 0.458 e. The van der Waals surface area contributed by atoms with Crippen LogP contribution >= 0.6 is 0 Å². The fourth-order valence-electron chi connectivity index (χ4n) is 10.8. The molecular weight excluding hydrogens is 927 g/mol. The van der Waals surface area contributed by atoms with Crippen LogP contribution in [-0.2, 0) is 5.41 Å². The van der Waals surface area contributed by atoms with Gasteiger partial charge in [-0.15, -0.1) is 0 Å². The summed E-state index contributed by atoms with van der Waals surface area (Å²) in [6.07, 6.45) is 5.34. The minimum atomic E-state index is -0.571. The lowest BCUT2D eigenvalue weighted by atomic mass is 9.88. The van der Waals surface area contributed by atoms with E-state index in [2.05, 4.69) is 139 Å². The number of fused-ring (bicyclic) bond motifs is 7. The minimum absolute atomic E-state index is 0.136. The molecule has 0 N–H and O–H groups in total. The summed E-state index contributed by atoms with van der Waals surface area (Å²) < 4.78 is 103. The molecule has 6 heteroatoms. The summed E-state index contributed by atoms with van der Waals surface area (Å²) in [5.74, 6) is 1.83. The average Bonchev–Trinajstić information content (AvgIpc) is 1.52. The van der Waals surface area contributed by atoms with E-state index in [9.17, 15) is 0 Å². The smallest absolute Gasteiger partial charge is 0.269 e. The highest BCUT2D eigenvalue weighted by Gasteiger charge is 2.23. The van der Waals surface area contributed by atoms with Gasteiger partial charge in [-0.3, -0.25) is 13.7 Å². The normalized spacial score (nSPS) is 13.7. The summed E-state index contributed by atoms with van der Waals surface area (Å²) >= 11 is 0. The summed E-state index contributed by atoms with van der Waals surface area (Å²) in [7, 11) is 0. The first-order valence-electron chi connectivity index (χ1n) is 30.1. The van der Waals surface area contributed by atoms with Gasteiger partial charge in [0, 0.05) is 39.5 Å².